The number of aliphatic hydroxyl groups excluding tert-OH is 2. The van der Waals surface area contributed by atoms with Gasteiger partial charge in [-0.25, -0.2) is 4.39 Å². The molecule has 0 saturated carbocycles. The van der Waals surface area contributed by atoms with E-state index < -0.39 is 29.9 Å². The molecule has 1 aliphatic rings. The number of nitrogens with zero attached hydrogens (tertiary/aromatic N) is 1. The third-order valence-electron chi connectivity index (χ3n) is 5.03. The van der Waals surface area contributed by atoms with Gasteiger partial charge in [0.1, 0.15) is 11.9 Å². The molecule has 0 spiro atoms. The first-order chi connectivity index (χ1) is 13.2. The fourth-order valence-corrected chi connectivity index (χ4v) is 3.05. The van der Waals surface area contributed by atoms with Crippen molar-refractivity contribution in [2.24, 2.45) is 11.8 Å². The average molecular weight is 397 g/mol. The number of β-amino-alcohol motifs (C(OH)–C–C–N with tert-alkyl or cyclic N) is 1. The molecule has 4 atom stereocenters. The quantitative estimate of drug-likeness (QED) is 0.688. The van der Waals surface area contributed by atoms with Gasteiger partial charge < -0.3 is 20.4 Å². The molecule has 1 heterocycles. The fourth-order valence-electron chi connectivity index (χ4n) is 3.05. The van der Waals surface area contributed by atoms with Crippen molar-refractivity contribution >= 4 is 11.8 Å². The van der Waals surface area contributed by atoms with Crippen LogP contribution in [0, 0.1) is 17.7 Å². The molecule has 1 fully saturated rings. The minimum atomic E-state index is -0.784. The number of benzene rings is 1. The predicted octanol–water partition coefficient (Wildman–Crippen LogP) is 2.26. The van der Waals surface area contributed by atoms with Crippen LogP contribution >= 0.6 is 0 Å². The third-order valence-corrected chi connectivity index (χ3v) is 5.03. The Hall–Kier alpha value is -1.99. The first-order valence-electron chi connectivity index (χ1n) is 9.89. The number of carbonyl (C=O) groups is 2. The minimum absolute atomic E-state index is 0.119. The lowest BCUT2D eigenvalue weighted by Gasteiger charge is -2.29. The monoisotopic (exact) mass is 396 g/mol. The second-order valence-corrected chi connectivity index (χ2v) is 7.22. The number of rotatable bonds is 6. The van der Waals surface area contributed by atoms with Crippen LogP contribution in [0.3, 0.4) is 0 Å². The van der Waals surface area contributed by atoms with Gasteiger partial charge in [0.15, 0.2) is 0 Å². The molecule has 158 valence electrons. The molecule has 1 aromatic rings. The second kappa shape index (κ2) is 11.1. The topological polar surface area (TPSA) is 89.9 Å². The normalized spacial score (nSPS) is 21.0. The van der Waals surface area contributed by atoms with E-state index in [-0.39, 0.29) is 37.3 Å². The molecule has 6 nitrogen and oxygen atoms in total. The molecule has 0 aliphatic carbocycles. The Labute approximate surface area is 166 Å². The molecule has 0 aromatic heterocycles. The SMILES string of the molecule is CC.CC(C)C(C)C(=O)N1CC(O)CC1C(=O)NC(CO)c1ccc(F)cc1. The van der Waals surface area contributed by atoms with Crippen molar-refractivity contribution in [3.05, 3.63) is 35.6 Å². The molecule has 2 rings (SSSR count). The Morgan fingerprint density at radius 2 is 1.79 bits per heavy atom. The molecule has 1 saturated heterocycles. The van der Waals surface area contributed by atoms with Crippen LogP contribution in [-0.4, -0.2) is 52.2 Å². The highest BCUT2D eigenvalue weighted by Crippen LogP contribution is 2.24. The molecule has 2 amide bonds. The maximum absolute atomic E-state index is 13.1. The van der Waals surface area contributed by atoms with Crippen molar-refractivity contribution in [2.45, 2.75) is 59.2 Å². The van der Waals surface area contributed by atoms with Crippen LogP contribution in [0.25, 0.3) is 0 Å². The summed E-state index contributed by atoms with van der Waals surface area (Å²) in [7, 11) is 0. The van der Waals surface area contributed by atoms with Gasteiger partial charge in [-0.1, -0.05) is 46.8 Å². The third kappa shape index (κ3) is 6.01. The van der Waals surface area contributed by atoms with Crippen molar-refractivity contribution in [3.63, 3.8) is 0 Å². The Morgan fingerprint density at radius 3 is 2.29 bits per heavy atom. The largest absolute Gasteiger partial charge is 0.394 e. The molecular formula is C21H33FN2O4. The van der Waals surface area contributed by atoms with E-state index in [9.17, 15) is 24.2 Å². The number of aliphatic hydroxyl groups is 2. The summed E-state index contributed by atoms with van der Waals surface area (Å²) in [6.45, 7) is 9.43. The first-order valence-corrected chi connectivity index (χ1v) is 9.89. The Balaban J connectivity index is 0.00000190. The fraction of sp³-hybridized carbons (Fsp3) is 0.619. The van der Waals surface area contributed by atoms with Crippen molar-refractivity contribution in [2.75, 3.05) is 13.2 Å². The maximum atomic E-state index is 13.1. The number of carbonyl (C=O) groups excluding carboxylic acids is 2. The van der Waals surface area contributed by atoms with Gasteiger partial charge in [0.05, 0.1) is 18.8 Å². The van der Waals surface area contributed by atoms with Crippen molar-refractivity contribution in [1.82, 2.24) is 10.2 Å². The molecule has 7 heteroatoms. The zero-order valence-electron chi connectivity index (χ0n) is 17.4. The predicted molar refractivity (Wildman–Crippen MR) is 106 cm³/mol. The van der Waals surface area contributed by atoms with Crippen LogP contribution in [-0.2, 0) is 9.59 Å². The smallest absolute Gasteiger partial charge is 0.243 e. The molecule has 4 unspecified atom stereocenters. The van der Waals surface area contributed by atoms with E-state index in [2.05, 4.69) is 5.32 Å². The van der Waals surface area contributed by atoms with E-state index in [1.54, 1.807) is 0 Å². The van der Waals surface area contributed by atoms with Crippen LogP contribution in [0.1, 0.15) is 52.6 Å². The summed E-state index contributed by atoms with van der Waals surface area (Å²) in [4.78, 5) is 26.8. The highest BCUT2D eigenvalue weighted by atomic mass is 19.1. The van der Waals surface area contributed by atoms with E-state index in [4.69, 9.17) is 0 Å². The highest BCUT2D eigenvalue weighted by molar-refractivity contribution is 5.89. The summed E-state index contributed by atoms with van der Waals surface area (Å²) in [5.74, 6) is -1.15. The summed E-state index contributed by atoms with van der Waals surface area (Å²) < 4.78 is 13.1. The van der Waals surface area contributed by atoms with Crippen molar-refractivity contribution < 1.29 is 24.2 Å². The van der Waals surface area contributed by atoms with E-state index in [1.165, 1.54) is 29.2 Å². The van der Waals surface area contributed by atoms with E-state index in [1.807, 2.05) is 34.6 Å². The molecule has 0 bridgehead atoms. The zero-order valence-corrected chi connectivity index (χ0v) is 17.4. The minimum Gasteiger partial charge on any atom is -0.394 e. The van der Waals surface area contributed by atoms with Crippen molar-refractivity contribution in [1.29, 1.82) is 0 Å². The summed E-state index contributed by atoms with van der Waals surface area (Å²) in [5, 5.41) is 22.3. The van der Waals surface area contributed by atoms with Gasteiger partial charge in [0.25, 0.3) is 0 Å². The Morgan fingerprint density at radius 1 is 1.21 bits per heavy atom. The summed E-state index contributed by atoms with van der Waals surface area (Å²) in [6, 6.07) is 3.99. The van der Waals surface area contributed by atoms with Gasteiger partial charge >= 0.3 is 0 Å². The molecule has 3 N–H and O–H groups in total. The molecule has 1 aliphatic heterocycles. The summed E-state index contributed by atoms with van der Waals surface area (Å²) >= 11 is 0. The van der Waals surface area contributed by atoms with Crippen LogP contribution in [0.2, 0.25) is 0 Å². The van der Waals surface area contributed by atoms with Gasteiger partial charge in [-0.2, -0.15) is 0 Å². The maximum Gasteiger partial charge on any atom is 0.243 e. The zero-order chi connectivity index (χ0) is 21.4. The van der Waals surface area contributed by atoms with Crippen LogP contribution in [0.15, 0.2) is 24.3 Å². The number of amides is 2. The Kier molecular flexibility index (Phi) is 9.55. The number of nitrogens with one attached hydrogen (secondary N) is 1. The lowest BCUT2D eigenvalue weighted by molar-refractivity contribution is -0.142. The van der Waals surface area contributed by atoms with Gasteiger partial charge in [-0.05, 0) is 23.6 Å². The first kappa shape index (κ1) is 24.0. The average Bonchev–Trinajstić information content (AvgIpc) is 3.09. The van der Waals surface area contributed by atoms with Crippen molar-refractivity contribution in [3.8, 4) is 0 Å². The molecule has 28 heavy (non-hydrogen) atoms. The van der Waals surface area contributed by atoms with E-state index in [0.29, 0.717) is 5.56 Å². The van der Waals surface area contributed by atoms with Gasteiger partial charge in [-0.15, -0.1) is 0 Å². The highest BCUT2D eigenvalue weighted by Gasteiger charge is 2.41. The standard InChI is InChI=1S/C19H27FN2O4.C2H6/c1-11(2)12(3)19(26)22-9-15(24)8-17(22)18(25)21-16(10-23)13-4-6-14(20)7-5-13;1-2/h4-7,11-12,15-17,23-24H,8-10H2,1-3H3,(H,21,25);1-2H3. The molecule has 0 radical (unpaired) electrons. The lowest BCUT2D eigenvalue weighted by Crippen LogP contribution is -2.49. The molecular weight excluding hydrogens is 363 g/mol. The number of halogens is 1. The van der Waals surface area contributed by atoms with E-state index >= 15 is 0 Å². The second-order valence-electron chi connectivity index (χ2n) is 7.22. The van der Waals surface area contributed by atoms with Crippen LogP contribution < -0.4 is 5.32 Å². The number of likely N-dealkylation sites (tertiary alicyclic amines) is 1. The van der Waals surface area contributed by atoms with Crippen LogP contribution in [0.5, 0.6) is 0 Å². The van der Waals surface area contributed by atoms with Crippen LogP contribution in [0.4, 0.5) is 4.39 Å². The van der Waals surface area contributed by atoms with E-state index in [0.717, 1.165) is 0 Å². The molecule has 1 aromatic carbocycles. The van der Waals surface area contributed by atoms with Gasteiger partial charge in [-0.3, -0.25) is 9.59 Å². The Bertz CT molecular complexity index is 636. The number of hydrogen-bond donors (Lipinski definition) is 3. The summed E-state index contributed by atoms with van der Waals surface area (Å²) in [5.41, 5.74) is 0.564. The van der Waals surface area contributed by atoms with Gasteiger partial charge in [0.2, 0.25) is 11.8 Å². The number of hydrogen-bond acceptors (Lipinski definition) is 4. The lowest BCUT2D eigenvalue weighted by atomic mass is 9.96. The van der Waals surface area contributed by atoms with Gasteiger partial charge in [0, 0.05) is 18.9 Å². The summed E-state index contributed by atoms with van der Waals surface area (Å²) in [6.07, 6.45) is -0.600.